The van der Waals surface area contributed by atoms with Crippen LogP contribution in [-0.2, 0) is 11.8 Å². The van der Waals surface area contributed by atoms with Gasteiger partial charge in [-0.05, 0) is 29.8 Å². The Labute approximate surface area is 121 Å². The van der Waals surface area contributed by atoms with Gasteiger partial charge in [0.1, 0.15) is 0 Å². The molecule has 0 bridgehead atoms. The molecule has 0 amide bonds. The van der Waals surface area contributed by atoms with Crippen molar-refractivity contribution in [1.29, 1.82) is 10.5 Å². The molecule has 1 aromatic carbocycles. The highest BCUT2D eigenvalue weighted by molar-refractivity contribution is 5.45. The lowest BCUT2D eigenvalue weighted by Gasteiger charge is -2.18. The standard InChI is InChI=1S/C15H10N4O2/c16-10-15(11-17,9-13-3-1-2-8-18-13)12-4-6-14(7-5-12)19(20)21/h1-8H,9H2. The summed E-state index contributed by atoms with van der Waals surface area (Å²) < 4.78 is 0. The highest BCUT2D eigenvalue weighted by atomic mass is 16.6. The van der Waals surface area contributed by atoms with E-state index >= 15 is 0 Å². The van der Waals surface area contributed by atoms with E-state index in [4.69, 9.17) is 0 Å². The molecule has 0 N–H and O–H groups in total. The average molecular weight is 278 g/mol. The molecular weight excluding hydrogens is 268 g/mol. The van der Waals surface area contributed by atoms with E-state index in [1.165, 1.54) is 24.3 Å². The quantitative estimate of drug-likeness (QED) is 0.631. The third-order valence-corrected chi connectivity index (χ3v) is 3.13. The lowest BCUT2D eigenvalue weighted by molar-refractivity contribution is -0.384. The van der Waals surface area contributed by atoms with E-state index in [9.17, 15) is 20.6 Å². The molecule has 6 nitrogen and oxygen atoms in total. The molecule has 102 valence electrons. The van der Waals surface area contributed by atoms with E-state index in [1.54, 1.807) is 24.4 Å². The molecule has 0 radical (unpaired) electrons. The van der Waals surface area contributed by atoms with Gasteiger partial charge in [0.05, 0.1) is 17.1 Å². The summed E-state index contributed by atoms with van der Waals surface area (Å²) in [5, 5.41) is 29.5. The van der Waals surface area contributed by atoms with Gasteiger partial charge in [0, 0.05) is 30.4 Å². The van der Waals surface area contributed by atoms with Gasteiger partial charge < -0.3 is 0 Å². The fourth-order valence-corrected chi connectivity index (χ4v) is 1.98. The van der Waals surface area contributed by atoms with Crippen LogP contribution in [0.2, 0.25) is 0 Å². The Morgan fingerprint density at radius 1 is 1.14 bits per heavy atom. The Bertz CT molecular complexity index is 713. The van der Waals surface area contributed by atoms with Crippen molar-refractivity contribution in [3.8, 4) is 12.1 Å². The number of nitrogens with zero attached hydrogens (tertiary/aromatic N) is 4. The summed E-state index contributed by atoms with van der Waals surface area (Å²) in [7, 11) is 0. The second kappa shape index (κ2) is 5.81. The molecule has 0 aliphatic carbocycles. The summed E-state index contributed by atoms with van der Waals surface area (Å²) in [6.07, 6.45) is 1.71. The van der Waals surface area contributed by atoms with Crippen LogP contribution < -0.4 is 0 Å². The zero-order chi connectivity index (χ0) is 15.3. The number of nitro groups is 1. The monoisotopic (exact) mass is 278 g/mol. The van der Waals surface area contributed by atoms with Crippen molar-refractivity contribution < 1.29 is 4.92 Å². The van der Waals surface area contributed by atoms with E-state index in [2.05, 4.69) is 4.98 Å². The van der Waals surface area contributed by atoms with Gasteiger partial charge >= 0.3 is 0 Å². The topological polar surface area (TPSA) is 104 Å². The maximum absolute atomic E-state index is 10.7. The predicted octanol–water partition coefficient (Wildman–Crippen LogP) is 2.52. The van der Waals surface area contributed by atoms with E-state index in [1.807, 2.05) is 12.1 Å². The van der Waals surface area contributed by atoms with Crippen molar-refractivity contribution in [3.05, 3.63) is 70.0 Å². The molecule has 21 heavy (non-hydrogen) atoms. The highest BCUT2D eigenvalue weighted by Gasteiger charge is 2.33. The van der Waals surface area contributed by atoms with Crippen molar-refractivity contribution in [2.45, 2.75) is 11.8 Å². The molecule has 2 rings (SSSR count). The Balaban J connectivity index is 2.41. The number of hydrogen-bond acceptors (Lipinski definition) is 5. The fraction of sp³-hybridized carbons (Fsp3) is 0.133. The smallest absolute Gasteiger partial charge is 0.261 e. The van der Waals surface area contributed by atoms with E-state index < -0.39 is 10.3 Å². The summed E-state index contributed by atoms with van der Waals surface area (Å²) in [6, 6.07) is 14.7. The maximum atomic E-state index is 10.7. The summed E-state index contributed by atoms with van der Waals surface area (Å²) >= 11 is 0. The third kappa shape index (κ3) is 2.85. The summed E-state index contributed by atoms with van der Waals surface area (Å²) in [4.78, 5) is 14.3. The van der Waals surface area contributed by atoms with Gasteiger partial charge in [-0.1, -0.05) is 6.07 Å². The zero-order valence-electron chi connectivity index (χ0n) is 10.9. The second-order valence-electron chi connectivity index (χ2n) is 4.43. The number of hydrogen-bond donors (Lipinski definition) is 0. The third-order valence-electron chi connectivity index (χ3n) is 3.13. The van der Waals surface area contributed by atoms with Crippen LogP contribution in [0.5, 0.6) is 0 Å². The Hall–Kier alpha value is -3.25. The molecule has 0 spiro atoms. The molecule has 0 aliphatic rings. The van der Waals surface area contributed by atoms with Gasteiger partial charge in [-0.25, -0.2) is 0 Å². The van der Waals surface area contributed by atoms with Crippen LogP contribution in [-0.4, -0.2) is 9.91 Å². The summed E-state index contributed by atoms with van der Waals surface area (Å²) in [5.74, 6) is 0. The van der Waals surface area contributed by atoms with Crippen LogP contribution in [0.25, 0.3) is 0 Å². The van der Waals surface area contributed by atoms with Gasteiger partial charge in [-0.15, -0.1) is 0 Å². The van der Waals surface area contributed by atoms with E-state index in [0.717, 1.165) is 0 Å². The Morgan fingerprint density at radius 3 is 2.29 bits per heavy atom. The molecule has 0 fully saturated rings. The molecule has 1 aromatic heterocycles. The lowest BCUT2D eigenvalue weighted by Crippen LogP contribution is -2.25. The summed E-state index contributed by atoms with van der Waals surface area (Å²) in [5.41, 5.74) is -0.465. The molecule has 2 aromatic rings. The number of rotatable bonds is 4. The molecule has 6 heteroatoms. The molecule has 0 atom stereocenters. The fourth-order valence-electron chi connectivity index (χ4n) is 1.98. The molecule has 0 unspecified atom stereocenters. The zero-order valence-corrected chi connectivity index (χ0v) is 10.9. The number of non-ortho nitro benzene ring substituents is 1. The van der Waals surface area contributed by atoms with Crippen LogP contribution in [0, 0.1) is 32.8 Å². The van der Waals surface area contributed by atoms with Crippen molar-refractivity contribution in [3.63, 3.8) is 0 Å². The van der Waals surface area contributed by atoms with Gasteiger partial charge in [-0.3, -0.25) is 15.1 Å². The minimum Gasteiger partial charge on any atom is -0.261 e. The number of pyridine rings is 1. The van der Waals surface area contributed by atoms with Gasteiger partial charge in [0.25, 0.3) is 5.69 Å². The first-order valence-corrected chi connectivity index (χ1v) is 6.08. The molecule has 0 saturated carbocycles. The number of nitro benzene ring substituents is 1. The second-order valence-corrected chi connectivity index (χ2v) is 4.43. The van der Waals surface area contributed by atoms with Gasteiger partial charge in [-0.2, -0.15) is 10.5 Å². The van der Waals surface area contributed by atoms with Crippen LogP contribution >= 0.6 is 0 Å². The summed E-state index contributed by atoms with van der Waals surface area (Å²) in [6.45, 7) is 0. The average Bonchev–Trinajstić information content (AvgIpc) is 2.54. The largest absolute Gasteiger partial charge is 0.269 e. The maximum Gasteiger partial charge on any atom is 0.269 e. The van der Waals surface area contributed by atoms with Crippen LogP contribution in [0.3, 0.4) is 0 Å². The Morgan fingerprint density at radius 2 is 1.81 bits per heavy atom. The van der Waals surface area contributed by atoms with Crippen LogP contribution in [0.4, 0.5) is 5.69 Å². The van der Waals surface area contributed by atoms with Crippen molar-refractivity contribution in [2.75, 3.05) is 0 Å². The first kappa shape index (κ1) is 14.2. The number of benzene rings is 1. The number of aromatic nitrogens is 1. The Kier molecular flexibility index (Phi) is 3.92. The number of nitriles is 2. The van der Waals surface area contributed by atoms with Crippen molar-refractivity contribution in [1.82, 2.24) is 4.98 Å². The molecule has 1 heterocycles. The van der Waals surface area contributed by atoms with Crippen LogP contribution in [0.15, 0.2) is 48.7 Å². The minimum atomic E-state index is -1.41. The van der Waals surface area contributed by atoms with Gasteiger partial charge in [0.15, 0.2) is 5.41 Å². The highest BCUT2D eigenvalue weighted by Crippen LogP contribution is 2.28. The first-order chi connectivity index (χ1) is 10.1. The molecule has 0 aliphatic heterocycles. The van der Waals surface area contributed by atoms with Crippen molar-refractivity contribution in [2.24, 2.45) is 0 Å². The minimum absolute atomic E-state index is 0.0821. The first-order valence-electron chi connectivity index (χ1n) is 6.08. The molecule has 0 saturated heterocycles. The predicted molar refractivity (Wildman–Crippen MR) is 73.9 cm³/mol. The SMILES string of the molecule is N#CC(C#N)(Cc1ccccn1)c1ccc([N+](=O)[O-])cc1. The normalized spacial score (nSPS) is 10.4. The molecular formula is C15H10N4O2. The van der Waals surface area contributed by atoms with E-state index in [0.29, 0.717) is 11.3 Å². The van der Waals surface area contributed by atoms with Gasteiger partial charge in [0.2, 0.25) is 0 Å². The van der Waals surface area contributed by atoms with Crippen molar-refractivity contribution >= 4 is 5.69 Å². The van der Waals surface area contributed by atoms with E-state index in [-0.39, 0.29) is 12.1 Å². The lowest BCUT2D eigenvalue weighted by atomic mass is 9.79. The van der Waals surface area contributed by atoms with Crippen LogP contribution in [0.1, 0.15) is 11.3 Å².